The van der Waals surface area contributed by atoms with Crippen molar-refractivity contribution in [3.8, 4) is 0 Å². The van der Waals surface area contributed by atoms with Gasteiger partial charge in [0.2, 0.25) is 0 Å². The highest BCUT2D eigenvalue weighted by Gasteiger charge is 2.12. The second-order valence-corrected chi connectivity index (χ2v) is 7.53. The molecular formula is C25H42O4. The highest BCUT2D eigenvalue weighted by molar-refractivity contribution is 5.93. The molecule has 0 aromatic rings. The van der Waals surface area contributed by atoms with E-state index in [4.69, 9.17) is 9.47 Å². The van der Waals surface area contributed by atoms with Gasteiger partial charge >= 0.3 is 11.9 Å². The number of carbonyl (C=O) groups excluding carboxylic acids is 2. The Morgan fingerprint density at radius 1 is 0.690 bits per heavy atom. The molecule has 0 N–H and O–H groups in total. The van der Waals surface area contributed by atoms with Crippen molar-refractivity contribution in [3.63, 3.8) is 0 Å². The van der Waals surface area contributed by atoms with Crippen LogP contribution < -0.4 is 0 Å². The lowest BCUT2D eigenvalue weighted by molar-refractivity contribution is -0.140. The predicted molar refractivity (Wildman–Crippen MR) is 120 cm³/mol. The molecule has 0 radical (unpaired) electrons. The smallest absolute Gasteiger partial charge is 0.338 e. The molecule has 0 aliphatic carbocycles. The van der Waals surface area contributed by atoms with Gasteiger partial charge in [-0.25, -0.2) is 4.79 Å². The Labute approximate surface area is 178 Å². The first-order valence-corrected chi connectivity index (χ1v) is 11.5. The van der Waals surface area contributed by atoms with E-state index in [1.807, 2.05) is 12.2 Å². The number of ether oxygens (including phenoxy) is 2. The molecule has 0 fully saturated rings. The van der Waals surface area contributed by atoms with Crippen LogP contribution in [0.3, 0.4) is 0 Å². The Morgan fingerprint density at radius 3 is 1.66 bits per heavy atom. The van der Waals surface area contributed by atoms with Crippen molar-refractivity contribution >= 4 is 11.9 Å². The van der Waals surface area contributed by atoms with Gasteiger partial charge in [0.25, 0.3) is 0 Å². The minimum atomic E-state index is -0.586. The summed E-state index contributed by atoms with van der Waals surface area (Å²) < 4.78 is 10.0. The monoisotopic (exact) mass is 406 g/mol. The number of carbonyl (C=O) groups is 2. The van der Waals surface area contributed by atoms with Crippen molar-refractivity contribution in [2.24, 2.45) is 0 Å². The van der Waals surface area contributed by atoms with E-state index in [2.05, 4.69) is 20.4 Å². The number of allylic oxidation sites excluding steroid dienone is 2. The van der Waals surface area contributed by atoms with Crippen molar-refractivity contribution in [1.29, 1.82) is 0 Å². The van der Waals surface area contributed by atoms with Crippen LogP contribution in [0.4, 0.5) is 0 Å². The summed E-state index contributed by atoms with van der Waals surface area (Å²) in [6.45, 7) is 8.03. The lowest BCUT2D eigenvalue weighted by Crippen LogP contribution is -2.09. The molecule has 0 aromatic heterocycles. The van der Waals surface area contributed by atoms with E-state index in [1.54, 1.807) is 0 Å². The summed E-state index contributed by atoms with van der Waals surface area (Å²) in [4.78, 5) is 23.5. The third-order valence-electron chi connectivity index (χ3n) is 4.66. The largest absolute Gasteiger partial charge is 0.435 e. The first kappa shape index (κ1) is 27.2. The van der Waals surface area contributed by atoms with Gasteiger partial charge in [-0.3, -0.25) is 4.79 Å². The molecule has 0 amide bonds. The molecule has 0 unspecified atom stereocenters. The number of unbranched alkanes of at least 4 members (excludes halogenated alkanes) is 12. The highest BCUT2D eigenvalue weighted by Crippen LogP contribution is 2.09. The van der Waals surface area contributed by atoms with Crippen molar-refractivity contribution < 1.29 is 19.1 Å². The molecule has 29 heavy (non-hydrogen) atoms. The fourth-order valence-corrected chi connectivity index (χ4v) is 2.83. The molecule has 0 aliphatic heterocycles. The first-order valence-electron chi connectivity index (χ1n) is 11.5. The van der Waals surface area contributed by atoms with Crippen LogP contribution in [0.25, 0.3) is 0 Å². The summed E-state index contributed by atoms with van der Waals surface area (Å²) in [5.41, 5.74) is 0.100. The summed E-state index contributed by atoms with van der Waals surface area (Å²) in [6, 6.07) is 0. The van der Waals surface area contributed by atoms with Crippen LogP contribution in [0.1, 0.15) is 110 Å². The second kappa shape index (κ2) is 20.9. The molecule has 0 rings (SSSR count). The van der Waals surface area contributed by atoms with Crippen LogP contribution >= 0.6 is 0 Å². The Balaban J connectivity index is 3.72. The van der Waals surface area contributed by atoms with Gasteiger partial charge in [0.1, 0.15) is 0 Å². The van der Waals surface area contributed by atoms with Crippen molar-refractivity contribution in [1.82, 2.24) is 0 Å². The van der Waals surface area contributed by atoms with Crippen LogP contribution in [-0.4, -0.2) is 11.9 Å². The average molecular weight is 407 g/mol. The van der Waals surface area contributed by atoms with E-state index in [1.165, 1.54) is 76.7 Å². The minimum Gasteiger partial charge on any atom is -0.435 e. The third kappa shape index (κ3) is 19.3. The molecule has 4 nitrogen and oxygen atoms in total. The molecular weight excluding hydrogens is 364 g/mol. The molecule has 0 aliphatic rings. The molecule has 0 aromatic carbocycles. The summed E-state index contributed by atoms with van der Waals surface area (Å²) >= 11 is 0. The van der Waals surface area contributed by atoms with Gasteiger partial charge in [-0.05, 0) is 37.8 Å². The lowest BCUT2D eigenvalue weighted by atomic mass is 10.1. The van der Waals surface area contributed by atoms with E-state index in [9.17, 15) is 9.59 Å². The van der Waals surface area contributed by atoms with E-state index in [-0.39, 0.29) is 12.0 Å². The predicted octanol–water partition coefficient (Wildman–Crippen LogP) is 7.55. The van der Waals surface area contributed by atoms with Gasteiger partial charge in [-0.15, -0.1) is 0 Å². The molecule has 0 heterocycles. The maximum Gasteiger partial charge on any atom is 0.338 e. The molecule has 4 heteroatoms. The maximum absolute atomic E-state index is 11.8. The molecule has 0 saturated heterocycles. The zero-order valence-corrected chi connectivity index (χ0v) is 18.8. The van der Waals surface area contributed by atoms with E-state index >= 15 is 0 Å². The topological polar surface area (TPSA) is 52.6 Å². The summed E-state index contributed by atoms with van der Waals surface area (Å²) in [5.74, 6) is -1.08. The zero-order valence-electron chi connectivity index (χ0n) is 18.8. The zero-order chi connectivity index (χ0) is 21.6. The van der Waals surface area contributed by atoms with Crippen LogP contribution in [0.2, 0.25) is 0 Å². The minimum absolute atomic E-state index is 0.100. The van der Waals surface area contributed by atoms with Crippen molar-refractivity contribution in [2.75, 3.05) is 0 Å². The SMILES string of the molecule is C=C(CC(=O)OC=CCCCCCCCC)C(=O)OC=CCCCCCCCC. The quantitative estimate of drug-likeness (QED) is 0.0961. The highest BCUT2D eigenvalue weighted by atomic mass is 16.5. The fraction of sp³-hybridized carbons (Fsp3) is 0.680. The van der Waals surface area contributed by atoms with Gasteiger partial charge in [0, 0.05) is 5.57 Å². The Kier molecular flexibility index (Phi) is 19.6. The van der Waals surface area contributed by atoms with Crippen LogP contribution in [0, 0.1) is 0 Å². The number of hydrogen-bond acceptors (Lipinski definition) is 4. The van der Waals surface area contributed by atoms with Crippen LogP contribution in [0.5, 0.6) is 0 Å². The normalized spacial score (nSPS) is 11.2. The molecule has 0 atom stereocenters. The molecule has 166 valence electrons. The number of rotatable bonds is 19. The van der Waals surface area contributed by atoms with Crippen LogP contribution in [0.15, 0.2) is 36.8 Å². The maximum atomic E-state index is 11.8. The van der Waals surface area contributed by atoms with E-state index in [0.717, 1.165) is 25.7 Å². The summed E-state index contributed by atoms with van der Waals surface area (Å²) in [7, 11) is 0. The summed E-state index contributed by atoms with van der Waals surface area (Å²) in [6.07, 6.45) is 22.9. The standard InChI is InChI=1S/C25H42O4/c1-4-6-8-10-12-14-16-18-20-28-24(26)22-23(3)25(27)29-21-19-17-15-13-11-9-7-5-2/h18-21H,3-17,22H2,1-2H3. The van der Waals surface area contributed by atoms with Gasteiger partial charge in [-0.1, -0.05) is 84.6 Å². The first-order chi connectivity index (χ1) is 14.1. The number of hydrogen-bond donors (Lipinski definition) is 0. The molecule has 0 bridgehead atoms. The van der Waals surface area contributed by atoms with E-state index < -0.39 is 11.9 Å². The molecule has 0 saturated carbocycles. The van der Waals surface area contributed by atoms with Gasteiger partial charge < -0.3 is 9.47 Å². The summed E-state index contributed by atoms with van der Waals surface area (Å²) in [5, 5.41) is 0. The fourth-order valence-electron chi connectivity index (χ4n) is 2.83. The third-order valence-corrected chi connectivity index (χ3v) is 4.66. The Hall–Kier alpha value is -1.84. The van der Waals surface area contributed by atoms with Crippen LogP contribution in [-0.2, 0) is 19.1 Å². The second-order valence-electron chi connectivity index (χ2n) is 7.53. The van der Waals surface area contributed by atoms with E-state index in [0.29, 0.717) is 0 Å². The van der Waals surface area contributed by atoms with Crippen molar-refractivity contribution in [2.45, 2.75) is 110 Å². The van der Waals surface area contributed by atoms with Gasteiger partial charge in [0.05, 0.1) is 18.9 Å². The lowest BCUT2D eigenvalue weighted by Gasteiger charge is -2.03. The Bertz CT molecular complexity index is 491. The van der Waals surface area contributed by atoms with Crippen molar-refractivity contribution in [3.05, 3.63) is 36.8 Å². The average Bonchev–Trinajstić information content (AvgIpc) is 2.71. The Morgan fingerprint density at radius 2 is 1.14 bits per heavy atom. The number of esters is 2. The van der Waals surface area contributed by atoms with Gasteiger partial charge in [-0.2, -0.15) is 0 Å². The molecule has 0 spiro atoms. The van der Waals surface area contributed by atoms with Gasteiger partial charge in [0.15, 0.2) is 0 Å².